The number of hydrogen-bond donors (Lipinski definition) is 2. The first-order chi connectivity index (χ1) is 9.20. The standard InChI is InChI=1S/C15H28N2O2/c1-12-9-14(16-7-8-18)11-17(10-12)15(19)13-5-3-2-4-6-13/h12-14,16,18H,2-11H2,1H3. The lowest BCUT2D eigenvalue weighted by atomic mass is 9.87. The highest BCUT2D eigenvalue weighted by atomic mass is 16.3. The summed E-state index contributed by atoms with van der Waals surface area (Å²) in [7, 11) is 0. The molecule has 0 aromatic rings. The van der Waals surface area contributed by atoms with Crippen molar-refractivity contribution in [1.82, 2.24) is 10.2 Å². The molecule has 0 spiro atoms. The lowest BCUT2D eigenvalue weighted by Crippen LogP contribution is -2.52. The van der Waals surface area contributed by atoms with Crippen LogP contribution in [0.25, 0.3) is 0 Å². The zero-order valence-corrected chi connectivity index (χ0v) is 12.1. The molecule has 2 aliphatic rings. The van der Waals surface area contributed by atoms with Gasteiger partial charge >= 0.3 is 0 Å². The molecule has 1 amide bonds. The molecule has 1 saturated carbocycles. The molecular weight excluding hydrogens is 240 g/mol. The van der Waals surface area contributed by atoms with Crippen molar-refractivity contribution in [2.45, 2.75) is 51.5 Å². The van der Waals surface area contributed by atoms with Crippen LogP contribution in [0.3, 0.4) is 0 Å². The number of piperidine rings is 1. The summed E-state index contributed by atoms with van der Waals surface area (Å²) >= 11 is 0. The highest BCUT2D eigenvalue weighted by Crippen LogP contribution is 2.27. The van der Waals surface area contributed by atoms with Gasteiger partial charge in [0.2, 0.25) is 5.91 Å². The number of carbonyl (C=O) groups excluding carboxylic acids is 1. The quantitative estimate of drug-likeness (QED) is 0.810. The maximum atomic E-state index is 12.6. The Balaban J connectivity index is 1.88. The molecule has 0 bridgehead atoms. The molecule has 0 aromatic heterocycles. The molecule has 1 aliphatic carbocycles. The largest absolute Gasteiger partial charge is 0.395 e. The van der Waals surface area contributed by atoms with E-state index in [1.807, 2.05) is 0 Å². The van der Waals surface area contributed by atoms with Gasteiger partial charge < -0.3 is 15.3 Å². The fraction of sp³-hybridized carbons (Fsp3) is 0.933. The van der Waals surface area contributed by atoms with Crippen molar-refractivity contribution < 1.29 is 9.90 Å². The predicted octanol–water partition coefficient (Wildman–Crippen LogP) is 1.39. The van der Waals surface area contributed by atoms with Crippen LogP contribution in [0, 0.1) is 11.8 Å². The fourth-order valence-electron chi connectivity index (χ4n) is 3.56. The van der Waals surface area contributed by atoms with Crippen LogP contribution in [-0.4, -0.2) is 48.2 Å². The number of carbonyl (C=O) groups is 1. The Labute approximate surface area is 116 Å². The zero-order chi connectivity index (χ0) is 13.7. The maximum Gasteiger partial charge on any atom is 0.225 e. The molecule has 1 saturated heterocycles. The Morgan fingerprint density at radius 2 is 2.00 bits per heavy atom. The van der Waals surface area contributed by atoms with E-state index in [-0.39, 0.29) is 12.5 Å². The van der Waals surface area contributed by atoms with Gasteiger partial charge in [-0.3, -0.25) is 4.79 Å². The average Bonchev–Trinajstić information content (AvgIpc) is 2.44. The summed E-state index contributed by atoms with van der Waals surface area (Å²) < 4.78 is 0. The summed E-state index contributed by atoms with van der Waals surface area (Å²) in [6.07, 6.45) is 6.99. The van der Waals surface area contributed by atoms with Gasteiger partial charge in [-0.25, -0.2) is 0 Å². The minimum absolute atomic E-state index is 0.168. The van der Waals surface area contributed by atoms with Crippen LogP contribution >= 0.6 is 0 Å². The lowest BCUT2D eigenvalue weighted by molar-refractivity contribution is -0.138. The molecule has 4 nitrogen and oxygen atoms in total. The van der Waals surface area contributed by atoms with E-state index in [0.29, 0.717) is 24.4 Å². The average molecular weight is 268 g/mol. The van der Waals surface area contributed by atoms with Crippen LogP contribution in [0.4, 0.5) is 0 Å². The minimum Gasteiger partial charge on any atom is -0.395 e. The topological polar surface area (TPSA) is 52.6 Å². The van der Waals surface area contributed by atoms with Gasteiger partial charge in [0.15, 0.2) is 0 Å². The Morgan fingerprint density at radius 3 is 2.68 bits per heavy atom. The van der Waals surface area contributed by atoms with E-state index in [0.717, 1.165) is 32.4 Å². The molecule has 4 heteroatoms. The van der Waals surface area contributed by atoms with Gasteiger partial charge in [-0.05, 0) is 25.2 Å². The summed E-state index contributed by atoms with van der Waals surface area (Å²) in [6, 6.07) is 0.350. The van der Waals surface area contributed by atoms with E-state index < -0.39 is 0 Å². The van der Waals surface area contributed by atoms with E-state index in [1.165, 1.54) is 19.3 Å². The van der Waals surface area contributed by atoms with E-state index in [1.54, 1.807) is 0 Å². The number of rotatable bonds is 4. The third-order valence-corrected chi connectivity index (χ3v) is 4.47. The Kier molecular flexibility index (Phi) is 5.64. The van der Waals surface area contributed by atoms with E-state index in [9.17, 15) is 4.79 Å². The molecule has 110 valence electrons. The van der Waals surface area contributed by atoms with Crippen molar-refractivity contribution in [3.63, 3.8) is 0 Å². The van der Waals surface area contributed by atoms with E-state index >= 15 is 0 Å². The van der Waals surface area contributed by atoms with Crippen LogP contribution < -0.4 is 5.32 Å². The summed E-state index contributed by atoms with van der Waals surface area (Å²) in [5.74, 6) is 1.21. The van der Waals surface area contributed by atoms with Crippen LogP contribution in [0.15, 0.2) is 0 Å². The molecule has 1 heterocycles. The number of amides is 1. The molecule has 2 rings (SSSR count). The highest BCUT2D eigenvalue weighted by molar-refractivity contribution is 5.79. The Hall–Kier alpha value is -0.610. The smallest absolute Gasteiger partial charge is 0.225 e. The fourth-order valence-corrected chi connectivity index (χ4v) is 3.56. The van der Waals surface area contributed by atoms with Gasteiger partial charge in [0.1, 0.15) is 0 Å². The van der Waals surface area contributed by atoms with Crippen molar-refractivity contribution >= 4 is 5.91 Å². The minimum atomic E-state index is 0.168. The summed E-state index contributed by atoms with van der Waals surface area (Å²) in [5, 5.41) is 12.2. The van der Waals surface area contributed by atoms with Crippen LogP contribution in [0.2, 0.25) is 0 Å². The number of aliphatic hydroxyl groups is 1. The molecular formula is C15H28N2O2. The van der Waals surface area contributed by atoms with Gasteiger partial charge in [-0.15, -0.1) is 0 Å². The monoisotopic (exact) mass is 268 g/mol. The second-order valence-corrected chi connectivity index (χ2v) is 6.29. The molecule has 0 aromatic carbocycles. The molecule has 2 fully saturated rings. The molecule has 2 unspecified atom stereocenters. The second kappa shape index (κ2) is 7.25. The Bertz CT molecular complexity index is 290. The van der Waals surface area contributed by atoms with Crippen molar-refractivity contribution in [2.24, 2.45) is 11.8 Å². The van der Waals surface area contributed by atoms with Crippen LogP contribution in [0.5, 0.6) is 0 Å². The SMILES string of the molecule is CC1CC(NCCO)CN(C(=O)C2CCCCC2)C1. The second-order valence-electron chi connectivity index (χ2n) is 6.29. The molecule has 1 aliphatic heterocycles. The zero-order valence-electron chi connectivity index (χ0n) is 12.1. The number of likely N-dealkylation sites (tertiary alicyclic amines) is 1. The van der Waals surface area contributed by atoms with Gasteiger partial charge in [0.25, 0.3) is 0 Å². The Morgan fingerprint density at radius 1 is 1.26 bits per heavy atom. The third-order valence-electron chi connectivity index (χ3n) is 4.47. The van der Waals surface area contributed by atoms with Gasteiger partial charge in [-0.1, -0.05) is 26.2 Å². The van der Waals surface area contributed by atoms with Crippen LogP contribution in [-0.2, 0) is 4.79 Å². The normalized spacial score (nSPS) is 29.5. The third kappa shape index (κ3) is 4.18. The van der Waals surface area contributed by atoms with Crippen molar-refractivity contribution in [1.29, 1.82) is 0 Å². The number of nitrogens with one attached hydrogen (secondary N) is 1. The highest BCUT2D eigenvalue weighted by Gasteiger charge is 2.31. The van der Waals surface area contributed by atoms with Gasteiger partial charge in [0, 0.05) is 31.6 Å². The summed E-state index contributed by atoms with van der Waals surface area (Å²) in [5.41, 5.74) is 0. The van der Waals surface area contributed by atoms with E-state index in [2.05, 4.69) is 17.1 Å². The van der Waals surface area contributed by atoms with Gasteiger partial charge in [-0.2, -0.15) is 0 Å². The maximum absolute atomic E-state index is 12.6. The number of nitrogens with zero attached hydrogens (tertiary/aromatic N) is 1. The van der Waals surface area contributed by atoms with Gasteiger partial charge in [0.05, 0.1) is 6.61 Å². The van der Waals surface area contributed by atoms with Crippen molar-refractivity contribution in [2.75, 3.05) is 26.2 Å². The first kappa shape index (κ1) is 14.8. The van der Waals surface area contributed by atoms with Crippen LogP contribution in [0.1, 0.15) is 45.4 Å². The molecule has 0 radical (unpaired) electrons. The molecule has 2 atom stereocenters. The predicted molar refractivity (Wildman–Crippen MR) is 75.8 cm³/mol. The number of aliphatic hydroxyl groups excluding tert-OH is 1. The van der Waals surface area contributed by atoms with Crippen molar-refractivity contribution in [3.8, 4) is 0 Å². The lowest BCUT2D eigenvalue weighted by Gasteiger charge is -2.39. The molecule has 19 heavy (non-hydrogen) atoms. The molecule has 2 N–H and O–H groups in total. The summed E-state index contributed by atoms with van der Waals surface area (Å²) in [6.45, 7) is 4.74. The first-order valence-corrected chi connectivity index (χ1v) is 7.83. The summed E-state index contributed by atoms with van der Waals surface area (Å²) in [4.78, 5) is 14.6. The van der Waals surface area contributed by atoms with Crippen molar-refractivity contribution in [3.05, 3.63) is 0 Å². The first-order valence-electron chi connectivity index (χ1n) is 7.83. The number of hydrogen-bond acceptors (Lipinski definition) is 3. The van der Waals surface area contributed by atoms with E-state index in [4.69, 9.17) is 5.11 Å².